The van der Waals surface area contributed by atoms with Gasteiger partial charge in [0.2, 0.25) is 0 Å². The summed E-state index contributed by atoms with van der Waals surface area (Å²) in [6, 6.07) is 1.11. The van der Waals surface area contributed by atoms with E-state index in [2.05, 4.69) is 9.80 Å². The molecule has 0 amide bonds. The Labute approximate surface area is 112 Å². The van der Waals surface area contributed by atoms with Crippen molar-refractivity contribution in [3.05, 3.63) is 0 Å². The quantitative estimate of drug-likeness (QED) is 0.775. The Kier molecular flexibility index (Phi) is 4.22. The van der Waals surface area contributed by atoms with Crippen molar-refractivity contribution in [2.24, 2.45) is 11.7 Å². The van der Waals surface area contributed by atoms with Gasteiger partial charge in [0.25, 0.3) is 0 Å². The maximum absolute atomic E-state index is 6.38. The molecule has 1 aliphatic heterocycles. The van der Waals surface area contributed by atoms with E-state index >= 15 is 0 Å². The normalized spacial score (nSPS) is 36.5. The van der Waals surface area contributed by atoms with Gasteiger partial charge in [-0.1, -0.05) is 19.3 Å². The van der Waals surface area contributed by atoms with Crippen molar-refractivity contribution in [1.82, 2.24) is 9.80 Å². The van der Waals surface area contributed by atoms with Gasteiger partial charge in [-0.3, -0.25) is 4.90 Å². The Morgan fingerprint density at radius 3 is 2.28 bits per heavy atom. The molecule has 2 atom stereocenters. The molecule has 1 heterocycles. The first-order valence-corrected chi connectivity index (χ1v) is 8.05. The largest absolute Gasteiger partial charge is 0.326 e. The smallest absolute Gasteiger partial charge is 0.0248 e. The molecular weight excluding hydrogens is 222 g/mol. The van der Waals surface area contributed by atoms with E-state index in [0.717, 1.165) is 5.92 Å². The monoisotopic (exact) mass is 251 g/mol. The molecule has 3 fully saturated rings. The number of piperazine rings is 1. The van der Waals surface area contributed by atoms with E-state index in [-0.39, 0.29) is 0 Å². The highest BCUT2D eigenvalue weighted by molar-refractivity contribution is 4.88. The lowest BCUT2D eigenvalue weighted by Gasteiger charge is -2.41. The van der Waals surface area contributed by atoms with Gasteiger partial charge in [0.15, 0.2) is 0 Å². The Morgan fingerprint density at radius 1 is 0.833 bits per heavy atom. The van der Waals surface area contributed by atoms with Gasteiger partial charge in [0.05, 0.1) is 0 Å². The zero-order valence-corrected chi connectivity index (χ0v) is 11.7. The van der Waals surface area contributed by atoms with Gasteiger partial charge < -0.3 is 10.6 Å². The van der Waals surface area contributed by atoms with Crippen molar-refractivity contribution < 1.29 is 0 Å². The van der Waals surface area contributed by atoms with Gasteiger partial charge in [0, 0.05) is 44.8 Å². The van der Waals surface area contributed by atoms with Crippen LogP contribution in [0.2, 0.25) is 0 Å². The first-order valence-electron chi connectivity index (χ1n) is 8.05. The second kappa shape index (κ2) is 5.89. The first kappa shape index (κ1) is 12.9. The van der Waals surface area contributed by atoms with Crippen LogP contribution in [-0.4, -0.2) is 54.6 Å². The Morgan fingerprint density at radius 2 is 1.56 bits per heavy atom. The minimum Gasteiger partial charge on any atom is -0.326 e. The maximum Gasteiger partial charge on any atom is 0.0248 e. The second-order valence-corrected chi connectivity index (χ2v) is 6.65. The Bertz CT molecular complexity index is 256. The first-order chi connectivity index (χ1) is 8.83. The van der Waals surface area contributed by atoms with Crippen LogP contribution < -0.4 is 5.73 Å². The van der Waals surface area contributed by atoms with Crippen molar-refractivity contribution in [2.45, 2.75) is 57.0 Å². The van der Waals surface area contributed by atoms with Crippen molar-refractivity contribution in [2.75, 3.05) is 32.7 Å². The van der Waals surface area contributed by atoms with Crippen LogP contribution in [-0.2, 0) is 0 Å². The molecule has 104 valence electrons. The van der Waals surface area contributed by atoms with Crippen LogP contribution in [0.3, 0.4) is 0 Å². The fraction of sp³-hybridized carbons (Fsp3) is 1.00. The minimum atomic E-state index is 0.433. The summed E-state index contributed by atoms with van der Waals surface area (Å²) in [7, 11) is 0. The standard InChI is InChI=1S/C15H29N3/c16-14-4-2-1-3-5-15(14)18-10-8-17(9-11-18)12-13-6-7-13/h13-15H,1-12,16H2. The molecule has 0 bridgehead atoms. The molecule has 0 spiro atoms. The molecule has 0 aromatic carbocycles. The molecular formula is C15H29N3. The molecule has 2 aliphatic carbocycles. The summed E-state index contributed by atoms with van der Waals surface area (Å²) in [6.07, 6.45) is 9.67. The number of nitrogens with two attached hydrogens (primary N) is 1. The lowest BCUT2D eigenvalue weighted by Crippen LogP contribution is -2.55. The Hall–Kier alpha value is -0.120. The van der Waals surface area contributed by atoms with Crippen LogP contribution in [0.4, 0.5) is 0 Å². The van der Waals surface area contributed by atoms with Gasteiger partial charge in [-0.2, -0.15) is 0 Å². The molecule has 2 N–H and O–H groups in total. The predicted octanol–water partition coefficient (Wildman–Crippen LogP) is 1.67. The zero-order chi connectivity index (χ0) is 12.4. The number of nitrogens with zero attached hydrogens (tertiary/aromatic N) is 2. The molecule has 1 saturated heterocycles. The van der Waals surface area contributed by atoms with E-state index in [1.165, 1.54) is 77.7 Å². The SMILES string of the molecule is NC1CCCCCC1N1CCN(CC2CC2)CC1. The highest BCUT2D eigenvalue weighted by Crippen LogP contribution is 2.30. The van der Waals surface area contributed by atoms with E-state index in [0.29, 0.717) is 12.1 Å². The average Bonchev–Trinajstić information content (AvgIpc) is 3.19. The lowest BCUT2D eigenvalue weighted by molar-refractivity contribution is 0.0790. The van der Waals surface area contributed by atoms with Crippen LogP contribution in [0, 0.1) is 5.92 Å². The highest BCUT2D eigenvalue weighted by atomic mass is 15.3. The fourth-order valence-electron chi connectivity index (χ4n) is 3.71. The van der Waals surface area contributed by atoms with E-state index < -0.39 is 0 Å². The van der Waals surface area contributed by atoms with Crippen molar-refractivity contribution in [1.29, 1.82) is 0 Å². The molecule has 3 rings (SSSR count). The Balaban J connectivity index is 1.47. The van der Waals surface area contributed by atoms with Gasteiger partial charge in [-0.25, -0.2) is 0 Å². The van der Waals surface area contributed by atoms with Crippen molar-refractivity contribution in [3.8, 4) is 0 Å². The third kappa shape index (κ3) is 3.25. The van der Waals surface area contributed by atoms with Crippen LogP contribution in [0.25, 0.3) is 0 Å². The van der Waals surface area contributed by atoms with Crippen molar-refractivity contribution >= 4 is 0 Å². The van der Waals surface area contributed by atoms with Crippen LogP contribution in [0.15, 0.2) is 0 Å². The topological polar surface area (TPSA) is 32.5 Å². The van der Waals surface area contributed by atoms with E-state index in [9.17, 15) is 0 Å². The summed E-state index contributed by atoms with van der Waals surface area (Å²) in [4.78, 5) is 5.37. The summed E-state index contributed by atoms with van der Waals surface area (Å²) in [5.41, 5.74) is 6.38. The summed E-state index contributed by atoms with van der Waals surface area (Å²) in [5.74, 6) is 1.04. The average molecular weight is 251 g/mol. The lowest BCUT2D eigenvalue weighted by atomic mass is 10.0. The van der Waals surface area contributed by atoms with Crippen LogP contribution >= 0.6 is 0 Å². The van der Waals surface area contributed by atoms with E-state index in [1.807, 2.05) is 0 Å². The molecule has 0 aromatic rings. The third-order valence-electron chi connectivity index (χ3n) is 5.12. The summed E-state index contributed by atoms with van der Waals surface area (Å²) in [5, 5.41) is 0. The number of hydrogen-bond acceptors (Lipinski definition) is 3. The fourth-order valence-corrected chi connectivity index (χ4v) is 3.71. The molecule has 2 unspecified atom stereocenters. The molecule has 3 heteroatoms. The third-order valence-corrected chi connectivity index (χ3v) is 5.12. The second-order valence-electron chi connectivity index (χ2n) is 6.65. The molecule has 0 radical (unpaired) electrons. The number of hydrogen-bond donors (Lipinski definition) is 1. The van der Waals surface area contributed by atoms with Gasteiger partial charge in [-0.15, -0.1) is 0 Å². The maximum atomic E-state index is 6.38. The highest BCUT2D eigenvalue weighted by Gasteiger charge is 2.31. The van der Waals surface area contributed by atoms with Gasteiger partial charge in [0.1, 0.15) is 0 Å². The van der Waals surface area contributed by atoms with E-state index in [4.69, 9.17) is 5.73 Å². The van der Waals surface area contributed by atoms with Crippen molar-refractivity contribution in [3.63, 3.8) is 0 Å². The molecule has 0 aromatic heterocycles. The predicted molar refractivity (Wildman–Crippen MR) is 75.6 cm³/mol. The summed E-state index contributed by atoms with van der Waals surface area (Å²) in [6.45, 7) is 6.43. The van der Waals surface area contributed by atoms with Crippen LogP contribution in [0.1, 0.15) is 44.9 Å². The molecule has 18 heavy (non-hydrogen) atoms. The van der Waals surface area contributed by atoms with Gasteiger partial charge in [-0.05, 0) is 31.6 Å². The molecule has 3 aliphatic rings. The zero-order valence-electron chi connectivity index (χ0n) is 11.7. The summed E-state index contributed by atoms with van der Waals surface area (Å²) < 4.78 is 0. The van der Waals surface area contributed by atoms with Crippen LogP contribution in [0.5, 0.6) is 0 Å². The minimum absolute atomic E-state index is 0.433. The number of rotatable bonds is 3. The molecule has 3 nitrogen and oxygen atoms in total. The van der Waals surface area contributed by atoms with Gasteiger partial charge >= 0.3 is 0 Å². The molecule has 2 saturated carbocycles. The summed E-state index contributed by atoms with van der Waals surface area (Å²) >= 11 is 0. The van der Waals surface area contributed by atoms with E-state index in [1.54, 1.807) is 0 Å².